The summed E-state index contributed by atoms with van der Waals surface area (Å²) >= 11 is 12.1. The maximum atomic E-state index is 14.1. The molecule has 15 N–H and O–H groups in total. The van der Waals surface area contributed by atoms with E-state index < -0.39 is 47.8 Å². The van der Waals surface area contributed by atoms with E-state index in [2.05, 4.69) is 26.6 Å². The van der Waals surface area contributed by atoms with E-state index in [-0.39, 0.29) is 50.7 Å². The van der Waals surface area contributed by atoms with Crippen LogP contribution in [-0.2, 0) is 32.0 Å². The molecule has 312 valence electrons. The molecule has 0 saturated carbocycles. The predicted molar refractivity (Wildman–Crippen MR) is 232 cm³/mol. The smallest absolute Gasteiger partial charge is 0.243 e. The van der Waals surface area contributed by atoms with Crippen molar-refractivity contribution in [2.45, 2.75) is 62.7 Å². The summed E-state index contributed by atoms with van der Waals surface area (Å²) in [5.41, 5.74) is 28.1. The Morgan fingerprint density at radius 3 is 1.29 bits per heavy atom. The molecule has 0 aliphatic rings. The molecule has 0 bridgehead atoms. The van der Waals surface area contributed by atoms with Crippen molar-refractivity contribution in [3.05, 3.63) is 118 Å². The summed E-state index contributed by atoms with van der Waals surface area (Å²) < 4.78 is 0. The van der Waals surface area contributed by atoms with Crippen LogP contribution in [0.25, 0.3) is 22.3 Å². The van der Waals surface area contributed by atoms with Crippen molar-refractivity contribution in [1.82, 2.24) is 26.6 Å². The van der Waals surface area contributed by atoms with Gasteiger partial charge in [-0.15, -0.1) is 0 Å². The standard InChI is InChI=1S/C42H51Cl2N11O4/c43-31-17-13-29(14-18-31)27-9-5-25(6-10-27)23-33(45)38(57)54-35(4-2-22-52-42(49)50)39(58)55-36(40(59)53-34(37(46)56)3-1-21-51-41(47)48)24-26-7-11-28(12-8-26)30-15-19-32(44)20-16-30/h5-20,33-36H,1-4,21-24,45H2,(H2,46,56)(H,53,59)(H,54,57)(H,55,58)(H4,47,48,51)(H4,49,50,52)/t33-,34+,35+,36+/m1/s1. The SMILES string of the molecule is N=C(N)NCCC[C@H](NC(=O)[C@H](Cc1ccc(-c2ccc(Cl)cc2)cc1)NC(=O)[C@H](CCCNC(=N)N)NC(=O)[C@H](N)Cc1ccc(-c2ccc(Cl)cc2)cc1)C(N)=O. The number of hydrogen-bond donors (Lipinski definition) is 11. The van der Waals surface area contributed by atoms with Gasteiger partial charge in [-0.1, -0.05) is 96.0 Å². The van der Waals surface area contributed by atoms with Gasteiger partial charge in [-0.25, -0.2) is 0 Å². The van der Waals surface area contributed by atoms with Crippen molar-refractivity contribution in [2.75, 3.05) is 13.1 Å². The van der Waals surface area contributed by atoms with E-state index in [1.54, 1.807) is 24.3 Å². The lowest BCUT2D eigenvalue weighted by atomic mass is 9.99. The molecule has 0 aromatic heterocycles. The minimum absolute atomic E-state index is 0.0218. The Balaban J connectivity index is 1.52. The second kappa shape index (κ2) is 22.7. The van der Waals surface area contributed by atoms with Gasteiger partial charge in [0.2, 0.25) is 23.6 Å². The van der Waals surface area contributed by atoms with E-state index in [1.807, 2.05) is 72.8 Å². The third-order valence-electron chi connectivity index (χ3n) is 9.39. The lowest BCUT2D eigenvalue weighted by molar-refractivity contribution is -0.133. The van der Waals surface area contributed by atoms with Gasteiger partial charge in [-0.05, 0) is 89.8 Å². The first-order valence-electron chi connectivity index (χ1n) is 19.0. The number of halogens is 2. The molecule has 0 aliphatic heterocycles. The molecule has 4 amide bonds. The van der Waals surface area contributed by atoms with Crippen molar-refractivity contribution < 1.29 is 19.2 Å². The van der Waals surface area contributed by atoms with E-state index in [9.17, 15) is 19.2 Å². The van der Waals surface area contributed by atoms with Crippen molar-refractivity contribution >= 4 is 58.7 Å². The van der Waals surface area contributed by atoms with Gasteiger partial charge in [0.15, 0.2) is 11.9 Å². The van der Waals surface area contributed by atoms with Crippen molar-refractivity contribution in [3.63, 3.8) is 0 Å². The highest BCUT2D eigenvalue weighted by Crippen LogP contribution is 2.24. The number of guanidine groups is 2. The number of primary amides is 1. The van der Waals surface area contributed by atoms with Crippen LogP contribution in [0.2, 0.25) is 10.0 Å². The number of hydrogen-bond acceptors (Lipinski definition) is 7. The fourth-order valence-corrected chi connectivity index (χ4v) is 6.43. The first-order valence-corrected chi connectivity index (χ1v) is 19.8. The molecule has 59 heavy (non-hydrogen) atoms. The molecule has 0 spiro atoms. The van der Waals surface area contributed by atoms with Crippen LogP contribution < -0.4 is 49.5 Å². The van der Waals surface area contributed by atoms with Gasteiger partial charge in [0.1, 0.15) is 18.1 Å². The largest absolute Gasteiger partial charge is 0.370 e. The number of carbonyl (C=O) groups excluding carboxylic acids is 4. The van der Waals surface area contributed by atoms with Crippen LogP contribution in [0, 0.1) is 10.8 Å². The van der Waals surface area contributed by atoms with Gasteiger partial charge in [-0.2, -0.15) is 0 Å². The molecule has 0 fully saturated rings. The second-order valence-electron chi connectivity index (χ2n) is 14.0. The number of amides is 4. The average molecular weight is 845 g/mol. The average Bonchev–Trinajstić information content (AvgIpc) is 3.20. The first-order chi connectivity index (χ1) is 28.2. The van der Waals surface area contributed by atoms with Crippen molar-refractivity contribution in [1.29, 1.82) is 10.8 Å². The fraction of sp³-hybridized carbons (Fsp3) is 0.286. The van der Waals surface area contributed by atoms with Crippen LogP contribution >= 0.6 is 23.2 Å². The Hall–Kier alpha value is -6.16. The Kier molecular flexibility index (Phi) is 17.5. The van der Waals surface area contributed by atoms with Gasteiger partial charge < -0.3 is 49.5 Å². The summed E-state index contributed by atoms with van der Waals surface area (Å²) in [4.78, 5) is 53.9. The van der Waals surface area contributed by atoms with Crippen molar-refractivity contribution in [3.8, 4) is 22.3 Å². The number of nitrogens with one attached hydrogen (secondary N) is 7. The Bertz CT molecular complexity index is 2050. The normalized spacial score (nSPS) is 12.9. The van der Waals surface area contributed by atoms with Crippen LogP contribution in [0.3, 0.4) is 0 Å². The molecule has 0 radical (unpaired) electrons. The number of rotatable bonds is 21. The van der Waals surface area contributed by atoms with Crippen molar-refractivity contribution in [2.24, 2.45) is 22.9 Å². The zero-order valence-electron chi connectivity index (χ0n) is 32.4. The highest BCUT2D eigenvalue weighted by Gasteiger charge is 2.30. The van der Waals surface area contributed by atoms with E-state index in [0.717, 1.165) is 27.8 Å². The van der Waals surface area contributed by atoms with E-state index >= 15 is 0 Å². The van der Waals surface area contributed by atoms with Crippen LogP contribution in [0.4, 0.5) is 0 Å². The van der Waals surface area contributed by atoms with Gasteiger partial charge in [0.05, 0.1) is 6.04 Å². The summed E-state index contributed by atoms with van der Waals surface area (Å²) in [5.74, 6) is -3.20. The molecular weight excluding hydrogens is 793 g/mol. The van der Waals surface area contributed by atoms with E-state index in [4.69, 9.17) is 57.0 Å². The fourth-order valence-electron chi connectivity index (χ4n) is 6.18. The molecule has 0 saturated heterocycles. The van der Waals surface area contributed by atoms with Crippen LogP contribution in [0.1, 0.15) is 36.8 Å². The predicted octanol–water partition coefficient (Wildman–Crippen LogP) is 2.91. The maximum Gasteiger partial charge on any atom is 0.243 e. The lowest BCUT2D eigenvalue weighted by Gasteiger charge is -2.26. The third-order valence-corrected chi connectivity index (χ3v) is 9.90. The lowest BCUT2D eigenvalue weighted by Crippen LogP contribution is -2.58. The zero-order valence-corrected chi connectivity index (χ0v) is 33.9. The Morgan fingerprint density at radius 2 is 0.864 bits per heavy atom. The molecular formula is C42H51Cl2N11O4. The molecule has 15 nitrogen and oxygen atoms in total. The maximum absolute atomic E-state index is 14.1. The molecule has 0 unspecified atom stereocenters. The number of nitrogens with two attached hydrogens (primary N) is 4. The Morgan fingerprint density at radius 1 is 0.508 bits per heavy atom. The van der Waals surface area contributed by atoms with Crippen LogP contribution in [0.5, 0.6) is 0 Å². The zero-order chi connectivity index (χ0) is 42.9. The quantitative estimate of drug-likeness (QED) is 0.0334. The molecule has 4 rings (SSSR count). The summed E-state index contributed by atoms with van der Waals surface area (Å²) in [5, 5.41) is 29.6. The molecule has 4 aromatic carbocycles. The molecule has 4 atom stereocenters. The van der Waals surface area contributed by atoms with E-state index in [0.29, 0.717) is 28.5 Å². The highest BCUT2D eigenvalue weighted by molar-refractivity contribution is 6.31. The summed E-state index contributed by atoms with van der Waals surface area (Å²) in [7, 11) is 0. The summed E-state index contributed by atoms with van der Waals surface area (Å²) in [6.07, 6.45) is 1.12. The highest BCUT2D eigenvalue weighted by atomic mass is 35.5. The van der Waals surface area contributed by atoms with Gasteiger partial charge in [0, 0.05) is 29.6 Å². The first kappa shape index (κ1) is 45.5. The number of carbonyl (C=O) groups is 4. The molecule has 4 aromatic rings. The Labute approximate surface area is 353 Å². The monoisotopic (exact) mass is 843 g/mol. The molecule has 0 heterocycles. The number of benzene rings is 4. The minimum atomic E-state index is -1.20. The third kappa shape index (κ3) is 15.3. The van der Waals surface area contributed by atoms with E-state index in [1.165, 1.54) is 0 Å². The van der Waals surface area contributed by atoms with Crippen LogP contribution in [-0.4, -0.2) is 72.8 Å². The van der Waals surface area contributed by atoms with Gasteiger partial charge >= 0.3 is 0 Å². The van der Waals surface area contributed by atoms with Gasteiger partial charge in [0.25, 0.3) is 0 Å². The summed E-state index contributed by atoms with van der Waals surface area (Å²) in [6, 6.07) is 25.3. The van der Waals surface area contributed by atoms with Crippen LogP contribution in [0.15, 0.2) is 97.1 Å². The topological polar surface area (TPSA) is 280 Å². The second-order valence-corrected chi connectivity index (χ2v) is 14.8. The minimum Gasteiger partial charge on any atom is -0.370 e. The van der Waals surface area contributed by atoms with Gasteiger partial charge in [-0.3, -0.25) is 30.0 Å². The molecule has 17 heteroatoms. The molecule has 0 aliphatic carbocycles. The summed E-state index contributed by atoms with van der Waals surface area (Å²) in [6.45, 7) is 0.509.